The molecule has 1 unspecified atom stereocenters. The van der Waals surface area contributed by atoms with Crippen LogP contribution in [0.4, 0.5) is 5.13 Å². The Hall–Kier alpha value is -1.91. The van der Waals surface area contributed by atoms with Crippen molar-refractivity contribution < 1.29 is 4.79 Å². The van der Waals surface area contributed by atoms with Crippen LogP contribution >= 0.6 is 22.7 Å². The van der Waals surface area contributed by atoms with E-state index in [1.165, 1.54) is 22.7 Å². The van der Waals surface area contributed by atoms with E-state index in [0.717, 1.165) is 10.6 Å². The number of nitriles is 1. The molecule has 1 amide bonds. The summed E-state index contributed by atoms with van der Waals surface area (Å²) < 4.78 is 0. The largest absolute Gasteiger partial charge is 0.365 e. The van der Waals surface area contributed by atoms with Gasteiger partial charge in [0.15, 0.2) is 11.2 Å². The molecule has 0 aliphatic rings. The monoisotopic (exact) mass is 306 g/mol. The Morgan fingerprint density at radius 3 is 2.95 bits per heavy atom. The van der Waals surface area contributed by atoms with Gasteiger partial charge in [0.25, 0.3) is 5.91 Å². The fourth-order valence-corrected chi connectivity index (χ4v) is 3.32. The Labute approximate surface area is 125 Å². The van der Waals surface area contributed by atoms with E-state index in [9.17, 15) is 10.1 Å². The lowest BCUT2D eigenvalue weighted by Crippen LogP contribution is -2.27. The summed E-state index contributed by atoms with van der Waals surface area (Å²) in [5, 5.41) is 17.5. The van der Waals surface area contributed by atoms with E-state index >= 15 is 0 Å². The number of nitrogens with one attached hydrogen (secondary N) is 2. The van der Waals surface area contributed by atoms with Crippen LogP contribution in [0.15, 0.2) is 17.5 Å². The second-order valence-corrected chi connectivity index (χ2v) is 5.93. The first kappa shape index (κ1) is 14.5. The molecule has 0 aliphatic heterocycles. The third-order valence-electron chi connectivity index (χ3n) is 2.68. The molecule has 2 rings (SSSR count). The van der Waals surface area contributed by atoms with Gasteiger partial charge in [-0.2, -0.15) is 5.26 Å². The summed E-state index contributed by atoms with van der Waals surface area (Å²) in [5.41, 5.74) is 0.750. The van der Waals surface area contributed by atoms with Crippen molar-refractivity contribution in [1.29, 1.82) is 5.26 Å². The van der Waals surface area contributed by atoms with Crippen LogP contribution in [0.2, 0.25) is 0 Å². The molecule has 2 aromatic rings. The summed E-state index contributed by atoms with van der Waals surface area (Å²) in [6.07, 6.45) is 0.678. The number of hydrogen-bond donors (Lipinski definition) is 2. The molecule has 0 saturated carbocycles. The van der Waals surface area contributed by atoms with Crippen molar-refractivity contribution in [3.8, 4) is 6.07 Å². The highest BCUT2D eigenvalue weighted by Gasteiger charge is 2.21. The maximum Gasteiger partial charge on any atom is 0.264 e. The average Bonchev–Trinajstić information content (AvgIpc) is 3.12. The van der Waals surface area contributed by atoms with Gasteiger partial charge in [0.2, 0.25) is 0 Å². The quantitative estimate of drug-likeness (QED) is 0.890. The van der Waals surface area contributed by atoms with E-state index in [1.807, 2.05) is 24.4 Å². The first-order valence-corrected chi connectivity index (χ1v) is 7.80. The number of amides is 1. The number of thiophene rings is 1. The number of nitrogens with zero attached hydrogens (tertiary/aromatic N) is 2. The number of rotatable bonds is 5. The Morgan fingerprint density at radius 1 is 1.60 bits per heavy atom. The fourth-order valence-electron chi connectivity index (χ4n) is 1.69. The number of carbonyl (C=O) groups excluding carboxylic acids is 1. The van der Waals surface area contributed by atoms with E-state index in [4.69, 9.17) is 0 Å². The molecule has 7 heteroatoms. The number of aryl methyl sites for hydroxylation is 1. The highest BCUT2D eigenvalue weighted by Crippen LogP contribution is 2.25. The van der Waals surface area contributed by atoms with Crippen LogP contribution in [0, 0.1) is 11.3 Å². The minimum absolute atomic E-state index is 0.249. The Balaban J connectivity index is 2.19. The van der Waals surface area contributed by atoms with Crippen molar-refractivity contribution in [2.24, 2.45) is 0 Å². The van der Waals surface area contributed by atoms with Crippen LogP contribution in [0.25, 0.3) is 0 Å². The average molecular weight is 306 g/mol. The van der Waals surface area contributed by atoms with Crippen molar-refractivity contribution in [2.75, 3.05) is 12.4 Å². The summed E-state index contributed by atoms with van der Waals surface area (Å²) in [6.45, 7) is 1.95. The minimum atomic E-state index is -0.618. The van der Waals surface area contributed by atoms with Gasteiger partial charge < -0.3 is 10.6 Å². The molecule has 20 heavy (non-hydrogen) atoms. The molecule has 2 aromatic heterocycles. The standard InChI is InChI=1S/C13H14N4OS2/c1-3-8-11(20-13(15-2)17-8)12(18)16-9(7-14)10-5-4-6-19-10/h4-6,9H,3H2,1-2H3,(H,15,17)(H,16,18). The number of carbonyl (C=O) groups is 1. The van der Waals surface area contributed by atoms with Gasteiger partial charge in [0.05, 0.1) is 11.8 Å². The predicted octanol–water partition coefficient (Wildman–Crippen LogP) is 2.80. The molecule has 0 fully saturated rings. The fraction of sp³-hybridized carbons (Fsp3) is 0.308. The van der Waals surface area contributed by atoms with Crippen molar-refractivity contribution in [3.63, 3.8) is 0 Å². The Morgan fingerprint density at radius 2 is 2.40 bits per heavy atom. The molecular formula is C13H14N4OS2. The summed E-state index contributed by atoms with van der Waals surface area (Å²) in [6, 6.07) is 5.19. The molecule has 104 valence electrons. The highest BCUT2D eigenvalue weighted by atomic mass is 32.1. The number of aromatic nitrogens is 1. The molecule has 5 nitrogen and oxygen atoms in total. The SMILES string of the molecule is CCc1nc(NC)sc1C(=O)NC(C#N)c1cccs1. The molecule has 0 saturated heterocycles. The second kappa shape index (κ2) is 6.50. The normalized spacial score (nSPS) is 11.7. The Bertz CT molecular complexity index is 627. The number of hydrogen-bond acceptors (Lipinski definition) is 6. The maximum atomic E-state index is 12.3. The third-order valence-corrected chi connectivity index (χ3v) is 4.74. The number of anilines is 1. The third kappa shape index (κ3) is 2.98. The topological polar surface area (TPSA) is 77.8 Å². The molecule has 0 aliphatic carbocycles. The van der Waals surface area contributed by atoms with E-state index in [2.05, 4.69) is 21.7 Å². The van der Waals surface area contributed by atoms with Crippen molar-refractivity contribution in [2.45, 2.75) is 19.4 Å². The van der Waals surface area contributed by atoms with Gasteiger partial charge in [-0.1, -0.05) is 24.3 Å². The lowest BCUT2D eigenvalue weighted by Gasteiger charge is -2.09. The van der Waals surface area contributed by atoms with E-state index < -0.39 is 6.04 Å². The zero-order valence-corrected chi connectivity index (χ0v) is 12.8. The maximum absolute atomic E-state index is 12.3. The van der Waals surface area contributed by atoms with Gasteiger partial charge >= 0.3 is 0 Å². The molecule has 1 atom stereocenters. The van der Waals surface area contributed by atoms with Gasteiger partial charge in [0.1, 0.15) is 4.88 Å². The lowest BCUT2D eigenvalue weighted by molar-refractivity contribution is 0.0948. The van der Waals surface area contributed by atoms with Crippen LogP contribution in [-0.2, 0) is 6.42 Å². The smallest absolute Gasteiger partial charge is 0.264 e. The zero-order chi connectivity index (χ0) is 14.5. The van der Waals surface area contributed by atoms with Gasteiger partial charge in [-0.05, 0) is 17.9 Å². The minimum Gasteiger partial charge on any atom is -0.365 e. The van der Waals surface area contributed by atoms with Gasteiger partial charge in [-0.15, -0.1) is 11.3 Å². The van der Waals surface area contributed by atoms with Crippen LogP contribution in [0.3, 0.4) is 0 Å². The molecule has 0 aromatic carbocycles. The van der Waals surface area contributed by atoms with Crippen LogP contribution in [0.5, 0.6) is 0 Å². The van der Waals surface area contributed by atoms with Crippen LogP contribution < -0.4 is 10.6 Å². The number of thiazole rings is 1. The first-order valence-electron chi connectivity index (χ1n) is 6.11. The molecule has 2 N–H and O–H groups in total. The molecule has 0 spiro atoms. The zero-order valence-electron chi connectivity index (χ0n) is 11.1. The molecule has 0 bridgehead atoms. The van der Waals surface area contributed by atoms with Crippen molar-refractivity contribution in [3.05, 3.63) is 33.0 Å². The van der Waals surface area contributed by atoms with Crippen LogP contribution in [-0.4, -0.2) is 17.9 Å². The summed E-state index contributed by atoms with van der Waals surface area (Å²) in [5.74, 6) is -0.249. The first-order chi connectivity index (χ1) is 9.69. The van der Waals surface area contributed by atoms with Crippen molar-refractivity contribution in [1.82, 2.24) is 10.3 Å². The predicted molar refractivity (Wildman–Crippen MR) is 81.2 cm³/mol. The van der Waals surface area contributed by atoms with Gasteiger partial charge in [-0.3, -0.25) is 4.79 Å². The summed E-state index contributed by atoms with van der Waals surface area (Å²) >= 11 is 2.75. The molecule has 0 radical (unpaired) electrons. The van der Waals surface area contributed by atoms with Gasteiger partial charge in [0, 0.05) is 11.9 Å². The Kier molecular flexibility index (Phi) is 4.71. The van der Waals surface area contributed by atoms with E-state index in [1.54, 1.807) is 7.05 Å². The second-order valence-electron chi connectivity index (χ2n) is 3.95. The molecule has 2 heterocycles. The van der Waals surface area contributed by atoms with E-state index in [0.29, 0.717) is 16.4 Å². The van der Waals surface area contributed by atoms with Gasteiger partial charge in [-0.25, -0.2) is 4.98 Å². The summed E-state index contributed by atoms with van der Waals surface area (Å²) in [7, 11) is 1.77. The van der Waals surface area contributed by atoms with Crippen molar-refractivity contribution >= 4 is 33.7 Å². The highest BCUT2D eigenvalue weighted by molar-refractivity contribution is 7.17. The molecular weight excluding hydrogens is 292 g/mol. The van der Waals surface area contributed by atoms with Crippen LogP contribution in [0.1, 0.15) is 33.2 Å². The van der Waals surface area contributed by atoms with E-state index in [-0.39, 0.29) is 5.91 Å². The summed E-state index contributed by atoms with van der Waals surface area (Å²) in [4.78, 5) is 18.0. The lowest BCUT2D eigenvalue weighted by atomic mass is 10.2.